The Morgan fingerprint density at radius 2 is 1.53 bits per heavy atom. The average molecular weight is 234 g/mol. The van der Waals surface area contributed by atoms with Crippen LogP contribution in [0.5, 0.6) is 0 Å². The highest BCUT2D eigenvalue weighted by Crippen LogP contribution is 2.87. The minimum atomic E-state index is 0.505. The molecule has 0 amide bonds. The molecule has 0 heteroatoms. The van der Waals surface area contributed by atoms with Gasteiger partial charge in [0.05, 0.1) is 0 Å². The molecule has 0 heterocycles. The second-order valence-corrected chi connectivity index (χ2v) is 8.92. The summed E-state index contributed by atoms with van der Waals surface area (Å²) < 4.78 is 0. The van der Waals surface area contributed by atoms with Crippen LogP contribution >= 0.6 is 0 Å². The summed E-state index contributed by atoms with van der Waals surface area (Å²) in [6, 6.07) is 0. The normalized spacial score (nSPS) is 64.1. The molecule has 0 nitrogen and oxygen atoms in total. The molecule has 3 saturated carbocycles. The van der Waals surface area contributed by atoms with Gasteiger partial charge in [-0.3, -0.25) is 0 Å². The molecule has 3 rings (SSSR count). The highest BCUT2D eigenvalue weighted by molar-refractivity contribution is 5.28. The highest BCUT2D eigenvalue weighted by Gasteiger charge is 2.80. The Morgan fingerprint density at radius 3 is 2.06 bits per heavy atom. The fourth-order valence-electron chi connectivity index (χ4n) is 6.63. The smallest absolute Gasteiger partial charge is 0.0181 e. The third kappa shape index (κ3) is 0.932. The minimum absolute atomic E-state index is 0.505. The third-order valence-corrected chi connectivity index (χ3v) is 8.62. The van der Waals surface area contributed by atoms with E-state index in [0.717, 1.165) is 17.8 Å². The number of hydrogen-bond donors (Lipinski definition) is 0. The Bertz CT molecular complexity index is 366. The summed E-state index contributed by atoms with van der Waals surface area (Å²) in [5, 5.41) is 0. The van der Waals surface area contributed by atoms with Gasteiger partial charge in [0, 0.05) is 0 Å². The van der Waals surface area contributed by atoms with Crippen LogP contribution < -0.4 is 0 Å². The Balaban J connectivity index is 2.12. The molecule has 0 bridgehead atoms. The molecule has 3 aliphatic carbocycles. The molecule has 0 spiro atoms. The zero-order valence-corrected chi connectivity index (χ0v) is 12.9. The maximum Gasteiger partial charge on any atom is -0.0181 e. The fraction of sp³-hybridized carbons (Fsp3) is 1.00. The lowest BCUT2D eigenvalue weighted by Gasteiger charge is -2.83. The van der Waals surface area contributed by atoms with Gasteiger partial charge >= 0.3 is 0 Å². The molecule has 98 valence electrons. The van der Waals surface area contributed by atoms with E-state index in [1.807, 2.05) is 0 Å². The van der Waals surface area contributed by atoms with Gasteiger partial charge in [0.1, 0.15) is 0 Å². The quantitative estimate of drug-likeness (QED) is 0.545. The third-order valence-electron chi connectivity index (χ3n) is 8.62. The van der Waals surface area contributed by atoms with Crippen molar-refractivity contribution in [2.24, 2.45) is 39.4 Å². The Hall–Kier alpha value is 0. The SMILES string of the molecule is CC1CC(C)C(C)(C)C2(C)CC3(C)CC1C32C. The van der Waals surface area contributed by atoms with E-state index in [0.29, 0.717) is 21.7 Å². The number of rotatable bonds is 0. The van der Waals surface area contributed by atoms with Crippen LogP contribution in [-0.2, 0) is 0 Å². The first-order valence-corrected chi connectivity index (χ1v) is 7.60. The van der Waals surface area contributed by atoms with E-state index in [1.54, 1.807) is 0 Å². The summed E-state index contributed by atoms with van der Waals surface area (Å²) >= 11 is 0. The largest absolute Gasteiger partial charge is 0.0622 e. The molecule has 6 atom stereocenters. The van der Waals surface area contributed by atoms with Crippen molar-refractivity contribution in [1.82, 2.24) is 0 Å². The van der Waals surface area contributed by atoms with E-state index in [1.165, 1.54) is 19.3 Å². The molecule has 0 aromatic rings. The van der Waals surface area contributed by atoms with Crippen LogP contribution in [0.15, 0.2) is 0 Å². The van der Waals surface area contributed by atoms with Gasteiger partial charge in [-0.15, -0.1) is 0 Å². The van der Waals surface area contributed by atoms with Crippen LogP contribution in [0.25, 0.3) is 0 Å². The van der Waals surface area contributed by atoms with Crippen LogP contribution in [0.2, 0.25) is 0 Å². The van der Waals surface area contributed by atoms with Crippen LogP contribution in [0.3, 0.4) is 0 Å². The summed E-state index contributed by atoms with van der Waals surface area (Å²) in [6.07, 6.45) is 4.42. The molecule has 3 fully saturated rings. The summed E-state index contributed by atoms with van der Waals surface area (Å²) in [5.74, 6) is 2.80. The second-order valence-electron chi connectivity index (χ2n) is 8.92. The van der Waals surface area contributed by atoms with Crippen LogP contribution in [0.1, 0.15) is 67.7 Å². The monoisotopic (exact) mass is 234 g/mol. The molecule has 0 aromatic heterocycles. The van der Waals surface area contributed by atoms with Crippen molar-refractivity contribution in [2.75, 3.05) is 0 Å². The van der Waals surface area contributed by atoms with Gasteiger partial charge in [-0.1, -0.05) is 48.5 Å². The van der Waals surface area contributed by atoms with Crippen molar-refractivity contribution in [2.45, 2.75) is 67.7 Å². The first kappa shape index (κ1) is 12.1. The summed E-state index contributed by atoms with van der Waals surface area (Å²) in [7, 11) is 0. The molecule has 0 N–H and O–H groups in total. The predicted molar refractivity (Wildman–Crippen MR) is 73.8 cm³/mol. The zero-order chi connectivity index (χ0) is 12.9. The van der Waals surface area contributed by atoms with E-state index in [4.69, 9.17) is 0 Å². The van der Waals surface area contributed by atoms with E-state index < -0.39 is 0 Å². The first-order chi connectivity index (χ1) is 7.60. The van der Waals surface area contributed by atoms with E-state index >= 15 is 0 Å². The van der Waals surface area contributed by atoms with Crippen molar-refractivity contribution < 1.29 is 0 Å². The minimum Gasteiger partial charge on any atom is -0.0622 e. The molecule has 0 saturated heterocycles. The van der Waals surface area contributed by atoms with Crippen molar-refractivity contribution >= 4 is 0 Å². The topological polar surface area (TPSA) is 0 Å². The highest BCUT2D eigenvalue weighted by atomic mass is 14.8. The fourth-order valence-corrected chi connectivity index (χ4v) is 6.63. The zero-order valence-electron chi connectivity index (χ0n) is 12.9. The molecule has 6 unspecified atom stereocenters. The molecule has 17 heavy (non-hydrogen) atoms. The van der Waals surface area contributed by atoms with Gasteiger partial charge in [-0.05, 0) is 58.7 Å². The average Bonchev–Trinajstić information content (AvgIpc) is 2.24. The van der Waals surface area contributed by atoms with Crippen LogP contribution in [-0.4, -0.2) is 0 Å². The van der Waals surface area contributed by atoms with Gasteiger partial charge < -0.3 is 0 Å². The van der Waals surface area contributed by atoms with E-state index in [-0.39, 0.29) is 0 Å². The van der Waals surface area contributed by atoms with Crippen LogP contribution in [0.4, 0.5) is 0 Å². The van der Waals surface area contributed by atoms with Gasteiger partial charge in [0.25, 0.3) is 0 Å². The van der Waals surface area contributed by atoms with Gasteiger partial charge in [0.2, 0.25) is 0 Å². The van der Waals surface area contributed by atoms with Crippen molar-refractivity contribution in [1.29, 1.82) is 0 Å². The van der Waals surface area contributed by atoms with Gasteiger partial charge in [0.15, 0.2) is 0 Å². The Kier molecular flexibility index (Phi) is 1.97. The lowest BCUT2D eigenvalue weighted by Crippen LogP contribution is -2.76. The standard InChI is InChI=1S/C17H30/c1-11-8-12(2)14(3,4)16(6)10-15(5)9-13(11)17(15,16)7/h11-13H,8-10H2,1-7H3. The van der Waals surface area contributed by atoms with Crippen LogP contribution in [0, 0.1) is 39.4 Å². The summed E-state index contributed by atoms with van der Waals surface area (Å²) in [6.45, 7) is 17.9. The Morgan fingerprint density at radius 1 is 0.941 bits per heavy atom. The molecule has 0 aliphatic heterocycles. The van der Waals surface area contributed by atoms with Crippen molar-refractivity contribution in [3.05, 3.63) is 0 Å². The number of hydrogen-bond acceptors (Lipinski definition) is 0. The first-order valence-electron chi connectivity index (χ1n) is 7.60. The second kappa shape index (κ2) is 2.78. The molecule has 3 aliphatic rings. The maximum atomic E-state index is 2.63. The molecular weight excluding hydrogens is 204 g/mol. The van der Waals surface area contributed by atoms with Gasteiger partial charge in [-0.25, -0.2) is 0 Å². The Labute approximate surface area is 108 Å². The van der Waals surface area contributed by atoms with E-state index in [9.17, 15) is 0 Å². The lowest BCUT2D eigenvalue weighted by molar-refractivity contribution is -0.346. The van der Waals surface area contributed by atoms with Crippen molar-refractivity contribution in [3.63, 3.8) is 0 Å². The lowest BCUT2D eigenvalue weighted by atomic mass is 9.22. The molecule has 0 aromatic carbocycles. The molecular formula is C17H30. The summed E-state index contributed by atoms with van der Waals surface area (Å²) in [5.41, 5.74) is 2.36. The van der Waals surface area contributed by atoms with E-state index in [2.05, 4.69) is 48.5 Å². The molecule has 0 radical (unpaired) electrons. The summed E-state index contributed by atoms with van der Waals surface area (Å²) in [4.78, 5) is 0. The predicted octanol–water partition coefficient (Wildman–Crippen LogP) is 5.13. The maximum absolute atomic E-state index is 2.63. The van der Waals surface area contributed by atoms with Crippen molar-refractivity contribution in [3.8, 4) is 0 Å². The van der Waals surface area contributed by atoms with Gasteiger partial charge in [-0.2, -0.15) is 0 Å².